The molecule has 0 aromatic heterocycles. The van der Waals surface area contributed by atoms with Crippen molar-refractivity contribution in [1.29, 1.82) is 0 Å². The Labute approximate surface area is 231 Å². The molecule has 0 radical (unpaired) electrons. The maximum Gasteiger partial charge on any atom is 0.308 e. The molecule has 0 aromatic carbocycles. The van der Waals surface area contributed by atoms with Crippen LogP contribution in [0.2, 0.25) is 0 Å². The second-order valence-corrected chi connectivity index (χ2v) is 11.6. The van der Waals surface area contributed by atoms with Crippen molar-refractivity contribution in [3.05, 3.63) is 36.0 Å². The molecule has 0 bridgehead atoms. The van der Waals surface area contributed by atoms with Crippen LogP contribution >= 0.6 is 0 Å². The molecule has 1 fully saturated rings. The standard InChI is InChI=1S/C30H46O9/c1-19-8-7-13-29(5,35)18-25-28(39-25)21(3)24(33)12-15-37-27(34)17-23(32)11-14-30(6,36)26(38-22(4)31)10-9-20(2)16-19/h7-10,13,20-21,23,25-26,28,32,35-36H,11-12,14-18H2,1-6H3/b10-9+,13-7+,19-8+. The van der Waals surface area contributed by atoms with E-state index in [1.54, 1.807) is 26.0 Å². The summed E-state index contributed by atoms with van der Waals surface area (Å²) in [5.41, 5.74) is -1.53. The van der Waals surface area contributed by atoms with Gasteiger partial charge in [-0.3, -0.25) is 14.4 Å². The fourth-order valence-corrected chi connectivity index (χ4v) is 4.77. The third kappa shape index (κ3) is 11.7. The molecule has 8 atom stereocenters. The monoisotopic (exact) mass is 550 g/mol. The van der Waals surface area contributed by atoms with Crippen LogP contribution in [-0.2, 0) is 28.6 Å². The number of aliphatic hydroxyl groups is 3. The molecule has 1 saturated heterocycles. The molecular formula is C30H46O9. The molecule has 2 rings (SSSR count). The maximum atomic E-state index is 12.6. The summed E-state index contributed by atoms with van der Waals surface area (Å²) in [6, 6.07) is 0. The largest absolute Gasteiger partial charge is 0.465 e. The van der Waals surface area contributed by atoms with Gasteiger partial charge in [-0.05, 0) is 52.0 Å². The first-order chi connectivity index (χ1) is 18.1. The zero-order valence-electron chi connectivity index (χ0n) is 24.1. The van der Waals surface area contributed by atoms with Crippen molar-refractivity contribution in [3.8, 4) is 0 Å². The fourth-order valence-electron chi connectivity index (χ4n) is 4.77. The summed E-state index contributed by atoms with van der Waals surface area (Å²) in [6.07, 6.45) is 7.39. The van der Waals surface area contributed by atoms with E-state index >= 15 is 0 Å². The quantitative estimate of drug-likeness (QED) is 0.254. The average Bonchev–Trinajstić information content (AvgIpc) is 3.56. The lowest BCUT2D eigenvalue weighted by molar-refractivity contribution is -0.156. The first-order valence-electron chi connectivity index (χ1n) is 13.8. The molecular weight excluding hydrogens is 504 g/mol. The van der Waals surface area contributed by atoms with Gasteiger partial charge >= 0.3 is 11.9 Å². The number of ether oxygens (including phenoxy) is 3. The van der Waals surface area contributed by atoms with Crippen molar-refractivity contribution in [1.82, 2.24) is 0 Å². The molecule has 3 N–H and O–H groups in total. The van der Waals surface area contributed by atoms with Crippen LogP contribution in [-0.4, -0.2) is 75.3 Å². The highest BCUT2D eigenvalue weighted by molar-refractivity contribution is 5.82. The smallest absolute Gasteiger partial charge is 0.308 e. The van der Waals surface area contributed by atoms with Gasteiger partial charge in [-0.2, -0.15) is 0 Å². The Hall–Kier alpha value is -2.33. The molecule has 0 spiro atoms. The number of allylic oxidation sites excluding steroid dienone is 4. The van der Waals surface area contributed by atoms with Crippen LogP contribution in [0.15, 0.2) is 36.0 Å². The SMILES string of the molecule is CC(=O)OC1/C=C/C(C)C/C(C)=C/C=C/C(C)(O)CC2OC2C(C)C(=O)CCOC(=O)CC(O)CCC1(C)O. The highest BCUT2D eigenvalue weighted by Crippen LogP contribution is 2.36. The van der Waals surface area contributed by atoms with E-state index in [0.717, 1.165) is 5.57 Å². The van der Waals surface area contributed by atoms with Gasteiger partial charge in [0.05, 0.1) is 36.9 Å². The van der Waals surface area contributed by atoms with Gasteiger partial charge in [0.2, 0.25) is 0 Å². The lowest BCUT2D eigenvalue weighted by atomic mass is 9.89. The van der Waals surface area contributed by atoms with Crippen molar-refractivity contribution in [2.24, 2.45) is 11.8 Å². The fraction of sp³-hybridized carbons (Fsp3) is 0.700. The third-order valence-corrected chi connectivity index (χ3v) is 7.23. The molecule has 9 heteroatoms. The zero-order valence-corrected chi connectivity index (χ0v) is 24.1. The number of rotatable bonds is 1. The molecule has 220 valence electrons. The number of carbonyl (C=O) groups is 3. The van der Waals surface area contributed by atoms with Crippen LogP contribution in [0.5, 0.6) is 0 Å². The Morgan fingerprint density at radius 1 is 1.13 bits per heavy atom. The second-order valence-electron chi connectivity index (χ2n) is 11.6. The van der Waals surface area contributed by atoms with Crippen LogP contribution in [0.1, 0.15) is 80.1 Å². The molecule has 0 aliphatic carbocycles. The topological polar surface area (TPSA) is 143 Å². The van der Waals surface area contributed by atoms with Crippen molar-refractivity contribution in [2.75, 3.05) is 6.61 Å². The molecule has 2 aliphatic rings. The Bertz CT molecular complexity index is 946. The normalized spacial score (nSPS) is 41.1. The van der Waals surface area contributed by atoms with E-state index in [2.05, 4.69) is 0 Å². The van der Waals surface area contributed by atoms with E-state index < -0.39 is 41.3 Å². The number of esters is 2. The molecule has 9 nitrogen and oxygen atoms in total. The van der Waals surface area contributed by atoms with E-state index in [9.17, 15) is 29.7 Å². The molecule has 0 aromatic rings. The Balaban J connectivity index is 2.19. The molecule has 0 amide bonds. The summed E-state index contributed by atoms with van der Waals surface area (Å²) in [7, 11) is 0. The predicted octanol–water partition coefficient (Wildman–Crippen LogP) is 3.35. The molecule has 8 unspecified atom stereocenters. The minimum absolute atomic E-state index is 0.0273. The summed E-state index contributed by atoms with van der Waals surface area (Å²) in [4.78, 5) is 36.4. The zero-order chi connectivity index (χ0) is 29.4. The highest BCUT2D eigenvalue weighted by atomic mass is 16.6. The highest BCUT2D eigenvalue weighted by Gasteiger charge is 2.47. The van der Waals surface area contributed by atoms with Crippen LogP contribution < -0.4 is 0 Å². The summed E-state index contributed by atoms with van der Waals surface area (Å²) in [5, 5.41) is 32.2. The van der Waals surface area contributed by atoms with Gasteiger partial charge in [0.15, 0.2) is 0 Å². The van der Waals surface area contributed by atoms with Crippen molar-refractivity contribution in [2.45, 2.75) is 116 Å². The lowest BCUT2D eigenvalue weighted by Crippen LogP contribution is -2.41. The van der Waals surface area contributed by atoms with Crippen LogP contribution in [0.25, 0.3) is 0 Å². The van der Waals surface area contributed by atoms with Gasteiger partial charge < -0.3 is 29.5 Å². The molecule has 39 heavy (non-hydrogen) atoms. The average molecular weight is 551 g/mol. The van der Waals surface area contributed by atoms with Gasteiger partial charge in [0.25, 0.3) is 0 Å². The number of epoxide rings is 1. The van der Waals surface area contributed by atoms with Gasteiger partial charge in [-0.25, -0.2) is 0 Å². The summed E-state index contributed by atoms with van der Waals surface area (Å²) < 4.78 is 16.2. The first kappa shape index (κ1) is 32.9. The Morgan fingerprint density at radius 2 is 1.82 bits per heavy atom. The van der Waals surface area contributed by atoms with Crippen LogP contribution in [0.3, 0.4) is 0 Å². The number of hydrogen-bond donors (Lipinski definition) is 3. The molecule has 2 aliphatic heterocycles. The maximum absolute atomic E-state index is 12.6. The summed E-state index contributed by atoms with van der Waals surface area (Å²) >= 11 is 0. The van der Waals surface area contributed by atoms with Gasteiger partial charge in [-0.1, -0.05) is 43.7 Å². The Morgan fingerprint density at radius 3 is 2.49 bits per heavy atom. The number of hydrogen-bond acceptors (Lipinski definition) is 9. The van der Waals surface area contributed by atoms with Crippen molar-refractivity contribution >= 4 is 17.7 Å². The predicted molar refractivity (Wildman–Crippen MR) is 146 cm³/mol. The summed E-state index contributed by atoms with van der Waals surface area (Å²) in [5.74, 6) is -1.62. The third-order valence-electron chi connectivity index (χ3n) is 7.23. The van der Waals surface area contributed by atoms with Gasteiger partial charge in [0.1, 0.15) is 17.5 Å². The number of aliphatic hydroxyl groups excluding tert-OH is 1. The van der Waals surface area contributed by atoms with Gasteiger partial charge in [0, 0.05) is 25.7 Å². The first-order valence-corrected chi connectivity index (χ1v) is 13.8. The number of ketones is 1. The number of cyclic esters (lactones) is 1. The van der Waals surface area contributed by atoms with E-state index in [4.69, 9.17) is 14.2 Å². The van der Waals surface area contributed by atoms with Crippen molar-refractivity contribution < 1.29 is 43.9 Å². The minimum atomic E-state index is -1.48. The van der Waals surface area contributed by atoms with E-state index in [-0.39, 0.29) is 56.2 Å². The molecule has 2 heterocycles. The van der Waals surface area contributed by atoms with E-state index in [1.807, 2.05) is 32.1 Å². The Kier molecular flexibility index (Phi) is 12.1. The van der Waals surface area contributed by atoms with E-state index in [0.29, 0.717) is 12.8 Å². The van der Waals surface area contributed by atoms with Crippen LogP contribution in [0.4, 0.5) is 0 Å². The molecule has 0 saturated carbocycles. The number of carbonyl (C=O) groups excluding carboxylic acids is 3. The summed E-state index contributed by atoms with van der Waals surface area (Å²) in [6.45, 7) is 10.1. The van der Waals surface area contributed by atoms with Crippen LogP contribution in [0, 0.1) is 11.8 Å². The number of Topliss-reactive ketones (excluding diaryl/α,β-unsaturated/α-hetero) is 1. The number of fused-ring (bicyclic) bond motifs is 1. The van der Waals surface area contributed by atoms with E-state index in [1.165, 1.54) is 13.8 Å². The van der Waals surface area contributed by atoms with Gasteiger partial charge in [-0.15, -0.1) is 0 Å². The van der Waals surface area contributed by atoms with Crippen molar-refractivity contribution in [3.63, 3.8) is 0 Å². The lowest BCUT2D eigenvalue weighted by Gasteiger charge is -2.31. The minimum Gasteiger partial charge on any atom is -0.465 e. The second kappa shape index (κ2) is 14.3.